The fourth-order valence-corrected chi connectivity index (χ4v) is 2.33. The largest absolute Gasteiger partial charge is 0.481 e. The average molecular weight is 249 g/mol. The van der Waals surface area contributed by atoms with E-state index in [1.807, 2.05) is 12.1 Å². The summed E-state index contributed by atoms with van der Waals surface area (Å²) in [6, 6.07) is 7.74. The van der Waals surface area contributed by atoms with Crippen molar-refractivity contribution in [2.45, 2.75) is 18.9 Å². The van der Waals surface area contributed by atoms with Crippen molar-refractivity contribution in [3.05, 3.63) is 46.3 Å². The molecule has 0 aromatic carbocycles. The Morgan fingerprint density at radius 2 is 2.29 bits per heavy atom. The maximum atomic E-state index is 10.0. The first-order valence-electron chi connectivity index (χ1n) is 5.50. The highest BCUT2D eigenvalue weighted by Gasteiger charge is 2.08. The summed E-state index contributed by atoms with van der Waals surface area (Å²) in [7, 11) is 1.58. The van der Waals surface area contributed by atoms with Gasteiger partial charge in [0.2, 0.25) is 5.88 Å². The number of nitrogens with zero attached hydrogens (tertiary/aromatic N) is 1. The molecular formula is C13H15NO2S. The van der Waals surface area contributed by atoms with Gasteiger partial charge >= 0.3 is 0 Å². The number of ether oxygens (including phenoxy) is 1. The number of pyridine rings is 1. The molecule has 0 radical (unpaired) electrons. The molecule has 0 fully saturated rings. The molecule has 4 heteroatoms. The predicted molar refractivity (Wildman–Crippen MR) is 68.4 cm³/mol. The SMILES string of the molecule is COc1ccc(C(O)CCc2cccs2)cn1. The summed E-state index contributed by atoms with van der Waals surface area (Å²) in [4.78, 5) is 5.38. The Bertz CT molecular complexity index is 439. The zero-order valence-corrected chi connectivity index (χ0v) is 10.5. The summed E-state index contributed by atoms with van der Waals surface area (Å²) in [6.07, 6.45) is 2.81. The molecule has 2 aromatic heterocycles. The van der Waals surface area contributed by atoms with Crippen LogP contribution in [-0.4, -0.2) is 17.2 Å². The minimum absolute atomic E-state index is 0.462. The van der Waals surface area contributed by atoms with E-state index < -0.39 is 6.10 Å². The first kappa shape index (κ1) is 12.1. The topological polar surface area (TPSA) is 42.4 Å². The van der Waals surface area contributed by atoms with Crippen LogP contribution in [0.5, 0.6) is 5.88 Å². The van der Waals surface area contributed by atoms with E-state index in [1.165, 1.54) is 4.88 Å². The lowest BCUT2D eigenvalue weighted by Gasteiger charge is -2.10. The molecule has 0 aliphatic heterocycles. The van der Waals surface area contributed by atoms with E-state index in [0.29, 0.717) is 12.3 Å². The van der Waals surface area contributed by atoms with Crippen molar-refractivity contribution in [2.75, 3.05) is 7.11 Å². The summed E-state index contributed by atoms with van der Waals surface area (Å²) in [5.74, 6) is 0.569. The Kier molecular flexibility index (Phi) is 4.12. The maximum absolute atomic E-state index is 10.0. The van der Waals surface area contributed by atoms with Gasteiger partial charge in [0.15, 0.2) is 0 Å². The molecule has 0 aliphatic rings. The van der Waals surface area contributed by atoms with E-state index in [0.717, 1.165) is 12.0 Å². The van der Waals surface area contributed by atoms with Crippen molar-refractivity contribution >= 4 is 11.3 Å². The number of rotatable bonds is 5. The fraction of sp³-hybridized carbons (Fsp3) is 0.308. The van der Waals surface area contributed by atoms with Crippen LogP contribution in [0.25, 0.3) is 0 Å². The average Bonchev–Trinajstić information content (AvgIpc) is 2.89. The van der Waals surface area contributed by atoms with Crippen molar-refractivity contribution in [1.82, 2.24) is 4.98 Å². The Morgan fingerprint density at radius 1 is 1.41 bits per heavy atom. The number of methoxy groups -OCH3 is 1. The number of aromatic nitrogens is 1. The second-order valence-corrected chi connectivity index (χ2v) is 4.80. The first-order valence-corrected chi connectivity index (χ1v) is 6.38. The molecule has 2 rings (SSSR count). The summed E-state index contributed by atoms with van der Waals surface area (Å²) in [6.45, 7) is 0. The van der Waals surface area contributed by atoms with Crippen molar-refractivity contribution in [1.29, 1.82) is 0 Å². The van der Waals surface area contributed by atoms with Gasteiger partial charge in [-0.1, -0.05) is 6.07 Å². The predicted octanol–water partition coefficient (Wildman–Crippen LogP) is 2.82. The van der Waals surface area contributed by atoms with Crippen molar-refractivity contribution in [3.63, 3.8) is 0 Å². The Labute approximate surface area is 105 Å². The number of aliphatic hydroxyl groups excluding tert-OH is 1. The van der Waals surface area contributed by atoms with Crippen LogP contribution in [0.3, 0.4) is 0 Å². The van der Waals surface area contributed by atoms with Crippen molar-refractivity contribution < 1.29 is 9.84 Å². The minimum atomic E-state index is -0.462. The lowest BCUT2D eigenvalue weighted by Crippen LogP contribution is -2.00. The van der Waals surface area contributed by atoms with Crippen molar-refractivity contribution in [2.24, 2.45) is 0 Å². The van der Waals surface area contributed by atoms with Gasteiger partial charge in [0.05, 0.1) is 13.2 Å². The molecule has 1 unspecified atom stereocenters. The lowest BCUT2D eigenvalue weighted by molar-refractivity contribution is 0.167. The van der Waals surface area contributed by atoms with Crippen LogP contribution in [0.1, 0.15) is 23.0 Å². The van der Waals surface area contributed by atoms with Crippen LogP contribution < -0.4 is 4.74 Å². The maximum Gasteiger partial charge on any atom is 0.212 e. The lowest BCUT2D eigenvalue weighted by atomic mass is 10.1. The van der Waals surface area contributed by atoms with Gasteiger partial charge in [-0.25, -0.2) is 4.98 Å². The van der Waals surface area contributed by atoms with Crippen LogP contribution in [0, 0.1) is 0 Å². The van der Waals surface area contributed by atoms with E-state index in [2.05, 4.69) is 16.4 Å². The molecule has 1 atom stereocenters. The standard InChI is InChI=1S/C13H15NO2S/c1-16-13-7-4-10(9-14-13)12(15)6-5-11-3-2-8-17-11/h2-4,7-9,12,15H,5-6H2,1H3. The van der Waals surface area contributed by atoms with E-state index >= 15 is 0 Å². The molecule has 1 N–H and O–H groups in total. The summed E-state index contributed by atoms with van der Waals surface area (Å²) in [5, 5.41) is 12.1. The van der Waals surface area contributed by atoms with Crippen LogP contribution in [0.15, 0.2) is 35.8 Å². The molecule has 3 nitrogen and oxygen atoms in total. The second kappa shape index (κ2) is 5.80. The molecule has 17 heavy (non-hydrogen) atoms. The van der Waals surface area contributed by atoms with E-state index in [-0.39, 0.29) is 0 Å². The zero-order chi connectivity index (χ0) is 12.1. The van der Waals surface area contributed by atoms with Crippen LogP contribution in [0.2, 0.25) is 0 Å². The summed E-state index contributed by atoms with van der Waals surface area (Å²) < 4.78 is 4.98. The molecule has 2 heterocycles. The molecule has 90 valence electrons. The molecular weight excluding hydrogens is 234 g/mol. The highest BCUT2D eigenvalue weighted by atomic mass is 32.1. The highest BCUT2D eigenvalue weighted by molar-refractivity contribution is 7.09. The third-order valence-corrected chi connectivity index (χ3v) is 3.53. The van der Waals surface area contributed by atoms with E-state index in [9.17, 15) is 5.11 Å². The number of thiophene rings is 1. The monoisotopic (exact) mass is 249 g/mol. The van der Waals surface area contributed by atoms with Gasteiger partial charge in [-0.15, -0.1) is 11.3 Å². The first-order chi connectivity index (χ1) is 8.29. The Hall–Kier alpha value is -1.39. The number of hydrogen-bond donors (Lipinski definition) is 1. The fourth-order valence-electron chi connectivity index (χ4n) is 1.61. The third kappa shape index (κ3) is 3.28. The zero-order valence-electron chi connectivity index (χ0n) is 9.67. The van der Waals surface area contributed by atoms with Gasteiger partial charge in [-0.3, -0.25) is 0 Å². The normalized spacial score (nSPS) is 12.4. The Morgan fingerprint density at radius 3 is 2.88 bits per heavy atom. The molecule has 0 bridgehead atoms. The third-order valence-electron chi connectivity index (χ3n) is 2.60. The van der Waals surface area contributed by atoms with Crippen molar-refractivity contribution in [3.8, 4) is 5.88 Å². The molecule has 0 aliphatic carbocycles. The van der Waals surface area contributed by atoms with Gasteiger partial charge in [0.25, 0.3) is 0 Å². The number of hydrogen-bond acceptors (Lipinski definition) is 4. The van der Waals surface area contributed by atoms with Gasteiger partial charge in [0, 0.05) is 17.1 Å². The van der Waals surface area contributed by atoms with Gasteiger partial charge in [-0.05, 0) is 35.9 Å². The molecule has 0 spiro atoms. The molecule has 0 saturated carbocycles. The van der Waals surface area contributed by atoms with Crippen LogP contribution in [0.4, 0.5) is 0 Å². The molecule has 0 saturated heterocycles. The quantitative estimate of drug-likeness (QED) is 0.886. The Balaban J connectivity index is 1.92. The van der Waals surface area contributed by atoms with Gasteiger partial charge < -0.3 is 9.84 Å². The summed E-state index contributed by atoms with van der Waals surface area (Å²) >= 11 is 1.72. The molecule has 2 aromatic rings. The number of aryl methyl sites for hydroxylation is 1. The molecule has 0 amide bonds. The van der Waals surface area contributed by atoms with E-state index in [4.69, 9.17) is 4.74 Å². The highest BCUT2D eigenvalue weighted by Crippen LogP contribution is 2.21. The van der Waals surface area contributed by atoms with Gasteiger partial charge in [0.1, 0.15) is 0 Å². The van der Waals surface area contributed by atoms with E-state index in [1.54, 1.807) is 30.7 Å². The number of aliphatic hydroxyl groups is 1. The smallest absolute Gasteiger partial charge is 0.212 e. The van der Waals surface area contributed by atoms with Gasteiger partial charge in [-0.2, -0.15) is 0 Å². The minimum Gasteiger partial charge on any atom is -0.481 e. The summed E-state index contributed by atoms with van der Waals surface area (Å²) in [5.41, 5.74) is 0.836. The second-order valence-electron chi connectivity index (χ2n) is 3.77. The van der Waals surface area contributed by atoms with Crippen LogP contribution in [-0.2, 0) is 6.42 Å². The van der Waals surface area contributed by atoms with Crippen LogP contribution >= 0.6 is 11.3 Å².